The zero-order valence-electron chi connectivity index (χ0n) is 8.72. The second-order valence-corrected chi connectivity index (χ2v) is 4.17. The second-order valence-electron chi connectivity index (χ2n) is 3.73. The van der Waals surface area contributed by atoms with Gasteiger partial charge in [-0.2, -0.15) is 10.2 Å². The summed E-state index contributed by atoms with van der Waals surface area (Å²) < 4.78 is 0. The Hall–Kier alpha value is -1.72. The summed E-state index contributed by atoms with van der Waals surface area (Å²) >= 11 is 5.82. The summed E-state index contributed by atoms with van der Waals surface area (Å²) in [5, 5.41) is 26.6. The zero-order valence-corrected chi connectivity index (χ0v) is 9.48. The third kappa shape index (κ3) is 1.73. The van der Waals surface area contributed by atoms with Crippen molar-refractivity contribution in [3.63, 3.8) is 0 Å². The van der Waals surface area contributed by atoms with Gasteiger partial charge in [0.25, 0.3) is 0 Å². The molecule has 5 nitrogen and oxygen atoms in total. The molecule has 0 heterocycles. The Morgan fingerprint density at radius 3 is 2.82 bits per heavy atom. The number of carboxylic acids is 1. The van der Waals surface area contributed by atoms with E-state index in [1.165, 1.54) is 0 Å². The average molecular weight is 253 g/mol. The van der Waals surface area contributed by atoms with Crippen LogP contribution in [0.15, 0.2) is 28.4 Å². The molecule has 1 aliphatic carbocycles. The molecule has 0 aliphatic heterocycles. The van der Waals surface area contributed by atoms with Gasteiger partial charge in [0.1, 0.15) is 5.71 Å². The number of benzene rings is 1. The van der Waals surface area contributed by atoms with Crippen molar-refractivity contribution < 1.29 is 15.0 Å². The van der Waals surface area contributed by atoms with Gasteiger partial charge in [0.15, 0.2) is 0 Å². The minimum absolute atomic E-state index is 0.00772. The normalized spacial score (nSPS) is 24.7. The van der Waals surface area contributed by atoms with Crippen LogP contribution < -0.4 is 0 Å². The first-order chi connectivity index (χ1) is 7.99. The summed E-state index contributed by atoms with van der Waals surface area (Å²) in [7, 11) is 0. The van der Waals surface area contributed by atoms with Crippen LogP contribution in [0.3, 0.4) is 0 Å². The van der Waals surface area contributed by atoms with Crippen molar-refractivity contribution in [1.29, 1.82) is 0 Å². The Morgan fingerprint density at radius 2 is 2.24 bits per heavy atom. The highest BCUT2D eigenvalue weighted by molar-refractivity contribution is 6.31. The van der Waals surface area contributed by atoms with Crippen molar-refractivity contribution in [2.24, 2.45) is 10.2 Å². The maximum Gasteiger partial charge on any atom is 0.342 e. The molecule has 17 heavy (non-hydrogen) atoms. The van der Waals surface area contributed by atoms with Gasteiger partial charge in [-0.1, -0.05) is 17.7 Å². The van der Waals surface area contributed by atoms with Crippen LogP contribution in [0.25, 0.3) is 0 Å². The lowest BCUT2D eigenvalue weighted by Crippen LogP contribution is -2.44. The van der Waals surface area contributed by atoms with Crippen LogP contribution in [-0.4, -0.2) is 34.2 Å². The van der Waals surface area contributed by atoms with Crippen molar-refractivity contribution in [1.82, 2.24) is 0 Å². The summed E-state index contributed by atoms with van der Waals surface area (Å²) in [5.74, 6) is -1.37. The maximum atomic E-state index is 11.1. The van der Waals surface area contributed by atoms with Gasteiger partial charge in [-0.3, -0.25) is 0 Å². The SMILES string of the molecule is C=NN=C1c2ccc(Cl)cc2CC1(O)C(=O)O. The number of aliphatic hydroxyl groups is 1. The molecule has 2 rings (SSSR count). The minimum Gasteiger partial charge on any atom is -0.479 e. The summed E-state index contributed by atoms with van der Waals surface area (Å²) in [4.78, 5) is 11.1. The molecule has 1 unspecified atom stereocenters. The number of rotatable bonds is 2. The van der Waals surface area contributed by atoms with Crippen molar-refractivity contribution in [2.75, 3.05) is 0 Å². The van der Waals surface area contributed by atoms with Crippen LogP contribution in [-0.2, 0) is 11.2 Å². The van der Waals surface area contributed by atoms with E-state index in [9.17, 15) is 9.90 Å². The number of aliphatic carboxylic acids is 1. The third-order valence-corrected chi connectivity index (χ3v) is 2.92. The molecule has 0 bridgehead atoms. The lowest BCUT2D eigenvalue weighted by Gasteiger charge is -2.16. The molecule has 0 aromatic heterocycles. The number of hydrogen-bond acceptors (Lipinski definition) is 4. The molecule has 0 amide bonds. The Balaban J connectivity index is 2.64. The topological polar surface area (TPSA) is 82.2 Å². The quantitative estimate of drug-likeness (QED) is 0.611. The fourth-order valence-corrected chi connectivity index (χ4v) is 2.10. The first-order valence-corrected chi connectivity index (χ1v) is 5.15. The van der Waals surface area contributed by atoms with Gasteiger partial charge in [0, 0.05) is 23.7 Å². The Kier molecular flexibility index (Phi) is 2.73. The molecule has 1 atom stereocenters. The predicted molar refractivity (Wildman–Crippen MR) is 63.8 cm³/mol. The van der Waals surface area contributed by atoms with Gasteiger partial charge in [0.2, 0.25) is 5.60 Å². The van der Waals surface area contributed by atoms with E-state index in [0.29, 0.717) is 16.1 Å². The maximum absolute atomic E-state index is 11.1. The molecule has 0 saturated heterocycles. The fraction of sp³-hybridized carbons (Fsp3) is 0.182. The number of nitrogens with zero attached hydrogens (tertiary/aromatic N) is 2. The van der Waals surface area contributed by atoms with E-state index in [-0.39, 0.29) is 12.1 Å². The molecular weight excluding hydrogens is 244 g/mol. The summed E-state index contributed by atoms with van der Waals surface area (Å²) in [5.41, 5.74) is -0.906. The van der Waals surface area contributed by atoms with E-state index < -0.39 is 11.6 Å². The second kappa shape index (κ2) is 3.94. The van der Waals surface area contributed by atoms with Crippen LogP contribution in [0.5, 0.6) is 0 Å². The highest BCUT2D eigenvalue weighted by Crippen LogP contribution is 2.33. The third-order valence-electron chi connectivity index (χ3n) is 2.68. The van der Waals surface area contributed by atoms with E-state index in [1.54, 1.807) is 18.2 Å². The van der Waals surface area contributed by atoms with E-state index in [2.05, 4.69) is 16.9 Å². The Bertz CT molecular complexity index is 542. The first kappa shape index (κ1) is 11.8. The summed E-state index contributed by atoms with van der Waals surface area (Å²) in [6, 6.07) is 4.82. The van der Waals surface area contributed by atoms with Crippen molar-refractivity contribution >= 4 is 30.0 Å². The molecule has 1 aliphatic rings. The molecule has 0 radical (unpaired) electrons. The van der Waals surface area contributed by atoms with Gasteiger partial charge in [-0.05, 0) is 17.7 Å². The Labute approximate surface area is 102 Å². The number of hydrogen-bond donors (Lipinski definition) is 2. The molecule has 1 aromatic rings. The lowest BCUT2D eigenvalue weighted by molar-refractivity contribution is -0.151. The standard InChI is InChI=1S/C11H9ClN2O3/c1-13-14-9-8-3-2-7(12)4-6(8)5-11(9,17)10(15)16/h2-4,17H,1,5H2,(H,15,16). The van der Waals surface area contributed by atoms with Crippen molar-refractivity contribution in [3.8, 4) is 0 Å². The van der Waals surface area contributed by atoms with Gasteiger partial charge < -0.3 is 10.2 Å². The molecule has 0 spiro atoms. The van der Waals surface area contributed by atoms with Gasteiger partial charge >= 0.3 is 5.97 Å². The number of carboxylic acid groups (broad SMARTS) is 1. The molecule has 6 heteroatoms. The Morgan fingerprint density at radius 1 is 1.53 bits per heavy atom. The van der Waals surface area contributed by atoms with Crippen LogP contribution in [0.1, 0.15) is 11.1 Å². The van der Waals surface area contributed by atoms with Gasteiger partial charge in [0.05, 0.1) is 0 Å². The molecule has 88 valence electrons. The van der Waals surface area contributed by atoms with Gasteiger partial charge in [-0.15, -0.1) is 0 Å². The van der Waals surface area contributed by atoms with E-state index >= 15 is 0 Å². The molecular formula is C11H9ClN2O3. The highest BCUT2D eigenvalue weighted by atomic mass is 35.5. The van der Waals surface area contributed by atoms with Crippen LogP contribution in [0.4, 0.5) is 0 Å². The van der Waals surface area contributed by atoms with Crippen molar-refractivity contribution in [2.45, 2.75) is 12.0 Å². The zero-order chi connectivity index (χ0) is 12.6. The fourth-order valence-electron chi connectivity index (χ4n) is 1.91. The molecule has 0 saturated carbocycles. The minimum atomic E-state index is -2.06. The monoisotopic (exact) mass is 252 g/mol. The molecule has 2 N–H and O–H groups in total. The smallest absolute Gasteiger partial charge is 0.342 e. The average Bonchev–Trinajstić information content (AvgIpc) is 2.53. The summed E-state index contributed by atoms with van der Waals surface area (Å²) in [6.07, 6.45) is -0.0768. The highest BCUT2D eigenvalue weighted by Gasteiger charge is 2.48. The number of carbonyl (C=O) groups is 1. The van der Waals surface area contributed by atoms with E-state index in [4.69, 9.17) is 16.7 Å². The number of fused-ring (bicyclic) bond motifs is 1. The van der Waals surface area contributed by atoms with Crippen LogP contribution in [0, 0.1) is 0 Å². The number of halogens is 1. The van der Waals surface area contributed by atoms with Crippen LogP contribution in [0.2, 0.25) is 5.02 Å². The van der Waals surface area contributed by atoms with Gasteiger partial charge in [-0.25, -0.2) is 4.79 Å². The van der Waals surface area contributed by atoms with Crippen molar-refractivity contribution in [3.05, 3.63) is 34.3 Å². The predicted octanol–water partition coefficient (Wildman–Crippen LogP) is 1.12. The first-order valence-electron chi connectivity index (χ1n) is 4.78. The molecule has 1 aromatic carbocycles. The van der Waals surface area contributed by atoms with E-state index in [1.807, 2.05) is 0 Å². The largest absolute Gasteiger partial charge is 0.479 e. The lowest BCUT2D eigenvalue weighted by atomic mass is 9.99. The van der Waals surface area contributed by atoms with Crippen LogP contribution >= 0.6 is 11.6 Å². The van der Waals surface area contributed by atoms with E-state index in [0.717, 1.165) is 0 Å². The molecule has 0 fully saturated rings. The summed E-state index contributed by atoms with van der Waals surface area (Å²) in [6.45, 7) is 3.17.